The predicted molar refractivity (Wildman–Crippen MR) is 138 cm³/mol. The standard InChI is InChI=1S/C13H20N4O2.C13H18N4O/c1-3-4-9-5-11(18)17(6-9)7-10-12(13(14)19)15-8-16(10)2;1-4-5-10-6-12(18)17(7-10)8-11-13(14-2)15-9-16(11)3/h8-9H,3-7H2,1-2H3,(H2,14,19);9-10H,4-8H2,1,3H3. The van der Waals surface area contributed by atoms with Crippen molar-refractivity contribution in [3.8, 4) is 0 Å². The van der Waals surface area contributed by atoms with Gasteiger partial charge in [0.2, 0.25) is 11.8 Å². The Labute approximate surface area is 218 Å². The number of nitrogens with zero attached hydrogens (tertiary/aromatic N) is 7. The van der Waals surface area contributed by atoms with E-state index < -0.39 is 5.91 Å². The summed E-state index contributed by atoms with van der Waals surface area (Å²) in [6.07, 6.45) is 8.82. The van der Waals surface area contributed by atoms with E-state index in [4.69, 9.17) is 12.3 Å². The van der Waals surface area contributed by atoms with Crippen LogP contribution in [0.2, 0.25) is 0 Å². The maximum atomic E-state index is 12.0. The maximum absolute atomic E-state index is 12.0. The van der Waals surface area contributed by atoms with E-state index in [1.54, 1.807) is 29.2 Å². The van der Waals surface area contributed by atoms with Crippen LogP contribution in [0.15, 0.2) is 12.7 Å². The van der Waals surface area contributed by atoms with Gasteiger partial charge in [0.15, 0.2) is 12.0 Å². The van der Waals surface area contributed by atoms with E-state index in [1.807, 2.05) is 16.5 Å². The number of hydrogen-bond donors (Lipinski definition) is 1. The number of rotatable bonds is 9. The summed E-state index contributed by atoms with van der Waals surface area (Å²) in [5.41, 5.74) is 7.09. The molecular formula is C26H38N8O3. The monoisotopic (exact) mass is 510 g/mol. The summed E-state index contributed by atoms with van der Waals surface area (Å²) in [6.45, 7) is 13.8. The third-order valence-electron chi connectivity index (χ3n) is 7.10. The molecule has 4 heterocycles. The van der Waals surface area contributed by atoms with E-state index in [0.29, 0.717) is 49.3 Å². The molecule has 4 rings (SSSR count). The van der Waals surface area contributed by atoms with Crippen molar-refractivity contribution in [1.82, 2.24) is 28.9 Å². The van der Waals surface area contributed by atoms with Crippen LogP contribution in [0, 0.1) is 18.4 Å². The van der Waals surface area contributed by atoms with Gasteiger partial charge in [-0.1, -0.05) is 33.3 Å². The Balaban J connectivity index is 0.000000206. The van der Waals surface area contributed by atoms with Gasteiger partial charge in [0, 0.05) is 40.0 Å². The topological polar surface area (TPSA) is 124 Å². The summed E-state index contributed by atoms with van der Waals surface area (Å²) in [4.78, 5) is 50.2. The normalized spacial score (nSPS) is 19.2. The Hall–Kier alpha value is -3.68. The minimum absolute atomic E-state index is 0.148. The van der Waals surface area contributed by atoms with Crippen molar-refractivity contribution >= 4 is 23.5 Å². The fourth-order valence-electron chi connectivity index (χ4n) is 5.15. The highest BCUT2D eigenvalue weighted by Gasteiger charge is 2.31. The van der Waals surface area contributed by atoms with Gasteiger partial charge in [-0.15, -0.1) is 4.98 Å². The van der Waals surface area contributed by atoms with Crippen LogP contribution in [0.5, 0.6) is 0 Å². The quantitative estimate of drug-likeness (QED) is 0.520. The van der Waals surface area contributed by atoms with Crippen molar-refractivity contribution < 1.29 is 14.4 Å². The smallest absolute Gasteiger partial charge is 0.292 e. The SMILES string of the molecule is CCCC1CC(=O)N(Cc2c(C(N)=O)ncn2C)C1.[C-]#[N+]c1ncn(C)c1CN1CC(CCC)CC1=O. The van der Waals surface area contributed by atoms with Gasteiger partial charge in [0.05, 0.1) is 30.8 Å². The molecule has 2 atom stereocenters. The molecule has 2 saturated heterocycles. The minimum Gasteiger partial charge on any atom is -0.364 e. The molecular weight excluding hydrogens is 472 g/mol. The first-order valence-electron chi connectivity index (χ1n) is 12.9. The van der Waals surface area contributed by atoms with Crippen LogP contribution in [-0.2, 0) is 36.8 Å². The molecule has 37 heavy (non-hydrogen) atoms. The highest BCUT2D eigenvalue weighted by atomic mass is 16.2. The molecule has 2 aromatic heterocycles. The van der Waals surface area contributed by atoms with Gasteiger partial charge in [-0.25, -0.2) is 4.98 Å². The second-order valence-electron chi connectivity index (χ2n) is 10.0. The number of imidazole rings is 2. The van der Waals surface area contributed by atoms with Gasteiger partial charge >= 0.3 is 0 Å². The Kier molecular flexibility index (Phi) is 9.44. The zero-order valence-corrected chi connectivity index (χ0v) is 22.3. The predicted octanol–water partition coefficient (Wildman–Crippen LogP) is 2.79. The summed E-state index contributed by atoms with van der Waals surface area (Å²) in [5, 5.41) is 0. The lowest BCUT2D eigenvalue weighted by molar-refractivity contribution is -0.129. The van der Waals surface area contributed by atoms with Crippen molar-refractivity contribution in [1.29, 1.82) is 0 Å². The Morgan fingerprint density at radius 1 is 0.946 bits per heavy atom. The molecule has 2 fully saturated rings. The number of amides is 3. The molecule has 2 unspecified atom stereocenters. The molecule has 2 N–H and O–H groups in total. The minimum atomic E-state index is -0.549. The molecule has 0 bridgehead atoms. The maximum Gasteiger partial charge on any atom is 0.292 e. The van der Waals surface area contributed by atoms with E-state index in [-0.39, 0.29) is 17.5 Å². The van der Waals surface area contributed by atoms with Crippen LogP contribution in [-0.4, -0.2) is 59.7 Å². The Bertz CT molecular complexity index is 1160. The van der Waals surface area contributed by atoms with Crippen LogP contribution >= 0.6 is 0 Å². The molecule has 2 aliphatic heterocycles. The van der Waals surface area contributed by atoms with Crippen molar-refractivity contribution in [2.24, 2.45) is 31.7 Å². The molecule has 0 saturated carbocycles. The molecule has 3 amide bonds. The Morgan fingerprint density at radius 2 is 1.43 bits per heavy atom. The van der Waals surface area contributed by atoms with Crippen LogP contribution in [0.3, 0.4) is 0 Å². The van der Waals surface area contributed by atoms with Crippen LogP contribution < -0.4 is 5.73 Å². The molecule has 2 aliphatic rings. The fraction of sp³-hybridized carbons (Fsp3) is 0.615. The van der Waals surface area contributed by atoms with Gasteiger partial charge in [0.25, 0.3) is 11.7 Å². The third kappa shape index (κ3) is 6.76. The summed E-state index contributed by atoms with van der Waals surface area (Å²) < 4.78 is 3.58. The zero-order valence-electron chi connectivity index (χ0n) is 22.3. The van der Waals surface area contributed by atoms with E-state index in [9.17, 15) is 14.4 Å². The number of primary amides is 1. The first-order valence-corrected chi connectivity index (χ1v) is 12.9. The number of aromatic nitrogens is 4. The highest BCUT2D eigenvalue weighted by Crippen LogP contribution is 2.26. The molecule has 0 radical (unpaired) electrons. The van der Waals surface area contributed by atoms with Crippen molar-refractivity contribution in [2.45, 2.75) is 65.5 Å². The molecule has 2 aromatic rings. The van der Waals surface area contributed by atoms with Gasteiger partial charge < -0.3 is 29.5 Å². The zero-order chi connectivity index (χ0) is 27.1. The number of likely N-dealkylation sites (tertiary alicyclic amines) is 2. The summed E-state index contributed by atoms with van der Waals surface area (Å²) in [7, 11) is 3.67. The Morgan fingerprint density at radius 3 is 1.92 bits per heavy atom. The average molecular weight is 511 g/mol. The first-order chi connectivity index (χ1) is 17.7. The van der Waals surface area contributed by atoms with Crippen molar-refractivity contribution in [3.63, 3.8) is 0 Å². The number of aryl methyl sites for hydroxylation is 2. The average Bonchev–Trinajstić information content (AvgIpc) is 3.59. The molecule has 11 nitrogen and oxygen atoms in total. The number of hydrogen-bond acceptors (Lipinski definition) is 5. The lowest BCUT2D eigenvalue weighted by atomic mass is 10.0. The van der Waals surface area contributed by atoms with Gasteiger partial charge in [-0.3, -0.25) is 14.4 Å². The second-order valence-corrected chi connectivity index (χ2v) is 10.0. The number of carbonyl (C=O) groups excluding carboxylic acids is 3. The largest absolute Gasteiger partial charge is 0.364 e. The van der Waals surface area contributed by atoms with E-state index in [1.165, 1.54) is 0 Å². The molecule has 11 heteroatoms. The lowest BCUT2D eigenvalue weighted by Crippen LogP contribution is -2.27. The highest BCUT2D eigenvalue weighted by molar-refractivity contribution is 5.92. The summed E-state index contributed by atoms with van der Waals surface area (Å²) >= 11 is 0. The molecule has 200 valence electrons. The lowest BCUT2D eigenvalue weighted by Gasteiger charge is -2.17. The number of nitrogens with two attached hydrogens (primary N) is 1. The van der Waals surface area contributed by atoms with Gasteiger partial charge in [0.1, 0.15) is 0 Å². The summed E-state index contributed by atoms with van der Waals surface area (Å²) in [5.74, 6) is 1.12. The van der Waals surface area contributed by atoms with E-state index >= 15 is 0 Å². The fourth-order valence-corrected chi connectivity index (χ4v) is 5.15. The van der Waals surface area contributed by atoms with Crippen LogP contribution in [0.4, 0.5) is 5.82 Å². The van der Waals surface area contributed by atoms with Gasteiger partial charge in [-0.2, -0.15) is 0 Å². The number of carbonyl (C=O) groups is 3. The van der Waals surface area contributed by atoms with E-state index in [2.05, 4.69) is 28.7 Å². The molecule has 0 aliphatic carbocycles. The third-order valence-corrected chi connectivity index (χ3v) is 7.10. The van der Waals surface area contributed by atoms with E-state index in [0.717, 1.165) is 44.5 Å². The molecule has 0 spiro atoms. The van der Waals surface area contributed by atoms with Gasteiger partial charge in [-0.05, 0) is 24.7 Å². The van der Waals surface area contributed by atoms with Crippen molar-refractivity contribution in [3.05, 3.63) is 41.2 Å². The summed E-state index contributed by atoms with van der Waals surface area (Å²) in [6, 6.07) is 0. The van der Waals surface area contributed by atoms with Crippen LogP contribution in [0.1, 0.15) is 74.2 Å². The van der Waals surface area contributed by atoms with Crippen LogP contribution in [0.25, 0.3) is 4.85 Å². The van der Waals surface area contributed by atoms with Crippen molar-refractivity contribution in [2.75, 3.05) is 13.1 Å². The second kappa shape index (κ2) is 12.5. The first kappa shape index (κ1) is 27.9. The molecule has 0 aromatic carbocycles.